The fourth-order valence-electron chi connectivity index (χ4n) is 3.65. The van der Waals surface area contributed by atoms with E-state index in [4.69, 9.17) is 15.0 Å². The first-order valence-electron chi connectivity index (χ1n) is 10.9. The van der Waals surface area contributed by atoms with E-state index < -0.39 is 0 Å². The first-order valence-corrected chi connectivity index (χ1v) is 10.9. The molecule has 0 N–H and O–H groups in total. The number of nitrogens with zero attached hydrogens (tertiary/aromatic N) is 3. The maximum atomic E-state index is 4.91. The van der Waals surface area contributed by atoms with Crippen LogP contribution < -0.4 is 4.98 Å². The molecule has 4 heteroatoms. The Kier molecular flexibility index (Phi) is 11.5. The molecule has 1 radical (unpaired) electrons. The van der Waals surface area contributed by atoms with Gasteiger partial charge >= 0.3 is 17.1 Å². The van der Waals surface area contributed by atoms with E-state index >= 15 is 0 Å². The number of rotatable bonds is 4. The van der Waals surface area contributed by atoms with E-state index in [1.165, 1.54) is 11.1 Å². The zero-order valence-corrected chi connectivity index (χ0v) is 23.6. The minimum absolute atomic E-state index is 0. The van der Waals surface area contributed by atoms with Crippen molar-refractivity contribution in [2.75, 3.05) is 0 Å². The zero-order chi connectivity index (χ0) is 22.8. The van der Waals surface area contributed by atoms with Crippen molar-refractivity contribution in [3.63, 3.8) is 0 Å². The average molecular weight is 499 g/mol. The van der Waals surface area contributed by atoms with Gasteiger partial charge in [0.25, 0.3) is 0 Å². The molecule has 0 spiro atoms. The summed E-state index contributed by atoms with van der Waals surface area (Å²) in [6, 6.07) is 20.7. The van der Waals surface area contributed by atoms with Gasteiger partial charge in [-0.25, -0.2) is 0 Å². The second-order valence-corrected chi connectivity index (χ2v) is 10.1. The van der Waals surface area contributed by atoms with Crippen LogP contribution in [0.5, 0.6) is 0 Å². The maximum absolute atomic E-state index is 4.91. The van der Waals surface area contributed by atoms with E-state index in [2.05, 4.69) is 77.9 Å². The summed E-state index contributed by atoms with van der Waals surface area (Å²) in [5.41, 5.74) is 8.13. The van der Waals surface area contributed by atoms with Crippen molar-refractivity contribution < 1.29 is 17.1 Å². The van der Waals surface area contributed by atoms with E-state index in [0.717, 1.165) is 34.2 Å². The van der Waals surface area contributed by atoms with Gasteiger partial charge in [-0.3, -0.25) is 9.98 Å². The van der Waals surface area contributed by atoms with E-state index in [1.807, 2.05) is 38.1 Å². The van der Waals surface area contributed by atoms with Gasteiger partial charge in [-0.2, -0.15) is 0 Å². The van der Waals surface area contributed by atoms with Gasteiger partial charge in [-0.1, -0.05) is 90.1 Å². The zero-order valence-electron chi connectivity index (χ0n) is 22.5. The Morgan fingerprint density at radius 2 is 0.912 bits per heavy atom. The van der Waals surface area contributed by atoms with Crippen LogP contribution in [0.15, 0.2) is 70.6 Å². The van der Waals surface area contributed by atoms with Crippen molar-refractivity contribution in [2.24, 2.45) is 9.98 Å². The molecule has 2 aromatic carbocycles. The molecule has 0 amide bonds. The summed E-state index contributed by atoms with van der Waals surface area (Å²) in [7, 11) is 0. The largest absolute Gasteiger partial charge is 3.00 e. The summed E-state index contributed by atoms with van der Waals surface area (Å²) in [5, 5.41) is 0. The molecule has 0 fully saturated rings. The molecule has 0 aliphatic heterocycles. The SMILES string of the molecule is CC(=Nc1ccccc1C(C)(C)C)c1ccc(C(C)=Nc2ccccc2C(C)(C)C)[n-]1.[CH3-].[CH3-].[Fe+3]. The van der Waals surface area contributed by atoms with Gasteiger partial charge in [0, 0.05) is 11.4 Å². The molecule has 1 aromatic heterocycles. The van der Waals surface area contributed by atoms with Crippen molar-refractivity contribution in [1.29, 1.82) is 0 Å². The maximum Gasteiger partial charge on any atom is 3.00 e. The summed E-state index contributed by atoms with van der Waals surface area (Å²) in [6.45, 7) is 17.3. The van der Waals surface area contributed by atoms with Crippen molar-refractivity contribution in [1.82, 2.24) is 4.98 Å². The standard InChI is InChI=1S/C28H34N3.2CH3.Fe/c1-19(29-25-15-11-9-13-21(25)27(3,4)5)23-17-18-24(31-23)20(2)30-26-16-12-10-14-22(26)28(6,7)8;;;/h9-18H,1-8H3;2*1H3;/q3*-1;+3. The molecule has 0 saturated heterocycles. The molecular formula is C30H40FeN3. The van der Waals surface area contributed by atoms with Gasteiger partial charge in [-0.05, 0) is 47.9 Å². The van der Waals surface area contributed by atoms with Crippen LogP contribution in [0.1, 0.15) is 77.9 Å². The summed E-state index contributed by atoms with van der Waals surface area (Å²) in [4.78, 5) is 14.7. The molecule has 0 aliphatic carbocycles. The van der Waals surface area contributed by atoms with Gasteiger partial charge in [0.2, 0.25) is 0 Å². The van der Waals surface area contributed by atoms with Crippen LogP contribution in [-0.4, -0.2) is 11.4 Å². The van der Waals surface area contributed by atoms with E-state index in [9.17, 15) is 0 Å². The molecule has 0 aliphatic rings. The molecule has 0 unspecified atom stereocenters. The summed E-state index contributed by atoms with van der Waals surface area (Å²) >= 11 is 0. The third kappa shape index (κ3) is 7.55. The minimum atomic E-state index is 0. The molecule has 3 rings (SSSR count). The molecule has 0 atom stereocenters. The molecular weight excluding hydrogens is 458 g/mol. The number of para-hydroxylation sites is 2. The fraction of sp³-hybridized carbons (Fsp3) is 0.333. The molecule has 0 bridgehead atoms. The van der Waals surface area contributed by atoms with E-state index in [0.29, 0.717) is 0 Å². The van der Waals surface area contributed by atoms with Gasteiger partial charge in [0.1, 0.15) is 0 Å². The van der Waals surface area contributed by atoms with Crippen LogP contribution in [0.4, 0.5) is 11.4 Å². The quantitative estimate of drug-likeness (QED) is 0.202. The second-order valence-electron chi connectivity index (χ2n) is 10.1. The minimum Gasteiger partial charge on any atom is -0.655 e. The third-order valence-electron chi connectivity index (χ3n) is 5.38. The Hall–Kier alpha value is -2.42. The Morgan fingerprint density at radius 3 is 1.24 bits per heavy atom. The second kappa shape index (κ2) is 12.3. The van der Waals surface area contributed by atoms with Crippen LogP contribution in [-0.2, 0) is 27.9 Å². The predicted octanol–water partition coefficient (Wildman–Crippen LogP) is 8.42. The van der Waals surface area contributed by atoms with Crippen LogP contribution in [0.2, 0.25) is 0 Å². The number of aromatic nitrogens is 1. The first-order chi connectivity index (χ1) is 14.5. The fourth-order valence-corrected chi connectivity index (χ4v) is 3.65. The molecule has 3 nitrogen and oxygen atoms in total. The molecule has 1 heterocycles. The smallest absolute Gasteiger partial charge is 0.655 e. The third-order valence-corrected chi connectivity index (χ3v) is 5.38. The van der Waals surface area contributed by atoms with Crippen LogP contribution in [0.3, 0.4) is 0 Å². The Labute approximate surface area is 218 Å². The monoisotopic (exact) mass is 498 g/mol. The normalized spacial score (nSPS) is 12.4. The van der Waals surface area contributed by atoms with Gasteiger partial charge in [0.15, 0.2) is 0 Å². The van der Waals surface area contributed by atoms with Gasteiger partial charge < -0.3 is 19.8 Å². The molecule has 3 aromatic rings. The van der Waals surface area contributed by atoms with Crippen molar-refractivity contribution in [3.05, 3.63) is 98.0 Å². The van der Waals surface area contributed by atoms with Crippen LogP contribution in [0, 0.1) is 14.9 Å². The van der Waals surface area contributed by atoms with Gasteiger partial charge in [0.05, 0.1) is 11.4 Å². The average Bonchev–Trinajstić information content (AvgIpc) is 3.18. The number of aliphatic imine (C=N–C) groups is 2. The predicted molar refractivity (Wildman–Crippen MR) is 147 cm³/mol. The topological polar surface area (TPSA) is 38.8 Å². The van der Waals surface area contributed by atoms with Crippen molar-refractivity contribution in [2.45, 2.75) is 66.2 Å². The molecule has 0 saturated carbocycles. The molecule has 183 valence electrons. The van der Waals surface area contributed by atoms with E-state index in [-0.39, 0.29) is 42.8 Å². The number of hydrogen-bond donors (Lipinski definition) is 0. The number of hydrogen-bond acceptors (Lipinski definition) is 2. The summed E-state index contributed by atoms with van der Waals surface area (Å²) < 4.78 is 0. The van der Waals surface area contributed by atoms with Crippen LogP contribution in [0.25, 0.3) is 0 Å². The van der Waals surface area contributed by atoms with Crippen LogP contribution >= 0.6 is 0 Å². The van der Waals surface area contributed by atoms with E-state index in [1.54, 1.807) is 0 Å². The Bertz CT molecular complexity index is 1030. The number of benzene rings is 2. The first kappa shape index (κ1) is 31.6. The molecule has 34 heavy (non-hydrogen) atoms. The summed E-state index contributed by atoms with van der Waals surface area (Å²) in [6.07, 6.45) is 0. The van der Waals surface area contributed by atoms with Gasteiger partial charge in [-0.15, -0.1) is 11.4 Å². The summed E-state index contributed by atoms with van der Waals surface area (Å²) in [5.74, 6) is 0. The Balaban J connectivity index is 0.00000363. The van der Waals surface area contributed by atoms with Crippen molar-refractivity contribution >= 4 is 22.8 Å². The van der Waals surface area contributed by atoms with Crippen molar-refractivity contribution in [3.8, 4) is 0 Å². The Morgan fingerprint density at radius 1 is 0.588 bits per heavy atom.